The van der Waals surface area contributed by atoms with Gasteiger partial charge in [0.2, 0.25) is 0 Å². The highest BCUT2D eigenvalue weighted by molar-refractivity contribution is 7.87. The first kappa shape index (κ1) is 15.1. The lowest BCUT2D eigenvalue weighted by Gasteiger charge is -2.16. The van der Waals surface area contributed by atoms with Crippen LogP contribution in [0, 0.1) is 0 Å². The zero-order valence-electron chi connectivity index (χ0n) is 12.4. The zero-order valence-corrected chi connectivity index (χ0v) is 13.3. The first-order valence-electron chi connectivity index (χ1n) is 7.23. The van der Waals surface area contributed by atoms with E-state index in [1.807, 2.05) is 19.2 Å². The summed E-state index contributed by atoms with van der Waals surface area (Å²) in [6, 6.07) is 3.83. The second-order valence-corrected chi connectivity index (χ2v) is 7.11. The van der Waals surface area contributed by atoms with Crippen molar-refractivity contribution >= 4 is 10.2 Å². The lowest BCUT2D eigenvalue weighted by molar-refractivity contribution is 0.464. The van der Waals surface area contributed by atoms with Crippen molar-refractivity contribution in [3.05, 3.63) is 36.3 Å². The van der Waals surface area contributed by atoms with Gasteiger partial charge in [0, 0.05) is 50.8 Å². The average Bonchev–Trinajstić information content (AvgIpc) is 3.17. The van der Waals surface area contributed by atoms with Crippen LogP contribution in [-0.2, 0) is 23.8 Å². The molecule has 0 aromatic carbocycles. The third kappa shape index (κ3) is 3.18. The third-order valence-electron chi connectivity index (χ3n) is 3.78. The van der Waals surface area contributed by atoms with Crippen molar-refractivity contribution in [2.24, 2.45) is 7.05 Å². The van der Waals surface area contributed by atoms with Crippen LogP contribution in [0.4, 0.5) is 0 Å². The minimum atomic E-state index is -3.40. The maximum absolute atomic E-state index is 12.2. The molecular weight excluding hydrogens is 302 g/mol. The Hall–Kier alpha value is -1.77. The molecule has 1 N–H and O–H groups in total. The summed E-state index contributed by atoms with van der Waals surface area (Å²) < 4.78 is 30.2. The zero-order chi connectivity index (χ0) is 15.6. The van der Waals surface area contributed by atoms with Crippen LogP contribution in [0.1, 0.15) is 18.4 Å². The Labute approximate surface area is 130 Å². The van der Waals surface area contributed by atoms with Crippen LogP contribution >= 0.6 is 0 Å². The van der Waals surface area contributed by atoms with Crippen LogP contribution in [0.2, 0.25) is 0 Å². The molecule has 1 fully saturated rings. The van der Waals surface area contributed by atoms with E-state index in [4.69, 9.17) is 0 Å². The number of aromatic nitrogens is 3. The summed E-state index contributed by atoms with van der Waals surface area (Å²) in [5, 5.41) is 4.13. The summed E-state index contributed by atoms with van der Waals surface area (Å²) in [5.74, 6) is 0. The van der Waals surface area contributed by atoms with E-state index in [9.17, 15) is 8.42 Å². The SMILES string of the molecule is Cn1nccc1-c1cncc(CNS(=O)(=O)N2CCCC2)c1. The van der Waals surface area contributed by atoms with Crippen LogP contribution in [-0.4, -0.2) is 40.6 Å². The number of pyridine rings is 1. The Morgan fingerprint density at radius 3 is 2.73 bits per heavy atom. The maximum Gasteiger partial charge on any atom is 0.279 e. The molecule has 2 aromatic heterocycles. The van der Waals surface area contributed by atoms with Crippen molar-refractivity contribution in [3.8, 4) is 11.3 Å². The molecule has 0 spiro atoms. The predicted octanol–water partition coefficient (Wildman–Crippen LogP) is 0.912. The average molecular weight is 321 g/mol. The second-order valence-electron chi connectivity index (χ2n) is 5.35. The van der Waals surface area contributed by atoms with Gasteiger partial charge in [-0.3, -0.25) is 9.67 Å². The standard InChI is InChI=1S/C14H19N5O2S/c1-18-14(4-5-16-18)13-8-12(9-15-11-13)10-17-22(20,21)19-6-2-3-7-19/h4-5,8-9,11,17H,2-3,6-7,10H2,1H3. The van der Waals surface area contributed by atoms with Gasteiger partial charge in [-0.15, -0.1) is 0 Å². The Morgan fingerprint density at radius 1 is 1.27 bits per heavy atom. The number of nitrogens with one attached hydrogen (secondary N) is 1. The quantitative estimate of drug-likeness (QED) is 0.888. The molecule has 2 aromatic rings. The summed E-state index contributed by atoms with van der Waals surface area (Å²) in [6.07, 6.45) is 7.00. The predicted molar refractivity (Wildman–Crippen MR) is 83.0 cm³/mol. The van der Waals surface area contributed by atoms with Crippen LogP contribution in [0.25, 0.3) is 11.3 Å². The van der Waals surface area contributed by atoms with Crippen LogP contribution in [0.3, 0.4) is 0 Å². The number of nitrogens with zero attached hydrogens (tertiary/aromatic N) is 4. The van der Waals surface area contributed by atoms with Crippen molar-refractivity contribution in [2.75, 3.05) is 13.1 Å². The van der Waals surface area contributed by atoms with Gasteiger partial charge in [-0.2, -0.15) is 22.5 Å². The molecule has 3 heterocycles. The van der Waals surface area contributed by atoms with Gasteiger partial charge < -0.3 is 0 Å². The van der Waals surface area contributed by atoms with Gasteiger partial charge in [0.25, 0.3) is 10.2 Å². The molecule has 7 nitrogen and oxygen atoms in total. The normalized spacial score (nSPS) is 16.2. The molecule has 0 unspecified atom stereocenters. The van der Waals surface area contributed by atoms with E-state index < -0.39 is 10.2 Å². The van der Waals surface area contributed by atoms with Gasteiger partial charge >= 0.3 is 0 Å². The monoisotopic (exact) mass is 321 g/mol. The van der Waals surface area contributed by atoms with Crippen molar-refractivity contribution < 1.29 is 8.42 Å². The second kappa shape index (κ2) is 6.15. The van der Waals surface area contributed by atoms with Crippen molar-refractivity contribution in [1.82, 2.24) is 23.8 Å². The van der Waals surface area contributed by atoms with Crippen LogP contribution in [0.15, 0.2) is 30.7 Å². The summed E-state index contributed by atoms with van der Waals surface area (Å²) in [4.78, 5) is 4.19. The molecule has 3 rings (SSSR count). The molecule has 8 heteroatoms. The number of hydrogen-bond acceptors (Lipinski definition) is 4. The Bertz CT molecular complexity index is 750. The molecule has 1 aliphatic heterocycles. The minimum Gasteiger partial charge on any atom is -0.268 e. The van der Waals surface area contributed by atoms with E-state index in [0.717, 1.165) is 29.7 Å². The number of rotatable bonds is 5. The molecule has 0 amide bonds. The van der Waals surface area contributed by atoms with Gasteiger partial charge in [0.15, 0.2) is 0 Å². The summed E-state index contributed by atoms with van der Waals surface area (Å²) >= 11 is 0. The van der Waals surface area contributed by atoms with E-state index in [-0.39, 0.29) is 6.54 Å². The highest BCUT2D eigenvalue weighted by atomic mass is 32.2. The first-order valence-corrected chi connectivity index (χ1v) is 8.67. The highest BCUT2D eigenvalue weighted by Crippen LogP contribution is 2.18. The van der Waals surface area contributed by atoms with E-state index in [2.05, 4.69) is 14.8 Å². The molecule has 1 saturated heterocycles. The maximum atomic E-state index is 12.2. The molecule has 0 bridgehead atoms. The van der Waals surface area contributed by atoms with E-state index in [1.165, 1.54) is 4.31 Å². The fourth-order valence-corrected chi connectivity index (χ4v) is 3.85. The number of aryl methyl sites for hydroxylation is 1. The molecule has 22 heavy (non-hydrogen) atoms. The minimum absolute atomic E-state index is 0.234. The van der Waals surface area contributed by atoms with E-state index >= 15 is 0 Å². The molecule has 1 aliphatic rings. The van der Waals surface area contributed by atoms with Crippen LogP contribution in [0.5, 0.6) is 0 Å². The molecule has 0 saturated carbocycles. The Kier molecular flexibility index (Phi) is 4.23. The Balaban J connectivity index is 1.72. The summed E-state index contributed by atoms with van der Waals surface area (Å²) in [7, 11) is -1.54. The van der Waals surface area contributed by atoms with Gasteiger partial charge in [-0.05, 0) is 30.5 Å². The van der Waals surface area contributed by atoms with Gasteiger partial charge in [0.1, 0.15) is 0 Å². The fraction of sp³-hybridized carbons (Fsp3) is 0.429. The summed E-state index contributed by atoms with van der Waals surface area (Å²) in [5.41, 5.74) is 2.68. The van der Waals surface area contributed by atoms with E-state index in [1.54, 1.807) is 23.3 Å². The van der Waals surface area contributed by atoms with Gasteiger partial charge in [0.05, 0.1) is 5.69 Å². The van der Waals surface area contributed by atoms with E-state index in [0.29, 0.717) is 13.1 Å². The molecular formula is C14H19N5O2S. The first-order chi connectivity index (χ1) is 10.6. The highest BCUT2D eigenvalue weighted by Gasteiger charge is 2.24. The lowest BCUT2D eigenvalue weighted by Crippen LogP contribution is -2.38. The molecule has 0 aliphatic carbocycles. The molecule has 0 atom stereocenters. The van der Waals surface area contributed by atoms with Crippen molar-refractivity contribution in [2.45, 2.75) is 19.4 Å². The smallest absolute Gasteiger partial charge is 0.268 e. The van der Waals surface area contributed by atoms with Gasteiger partial charge in [-0.25, -0.2) is 0 Å². The largest absolute Gasteiger partial charge is 0.279 e. The lowest BCUT2D eigenvalue weighted by atomic mass is 10.1. The van der Waals surface area contributed by atoms with Gasteiger partial charge in [-0.1, -0.05) is 0 Å². The molecule has 0 radical (unpaired) electrons. The fourth-order valence-electron chi connectivity index (χ4n) is 2.58. The summed E-state index contributed by atoms with van der Waals surface area (Å²) in [6.45, 7) is 1.43. The van der Waals surface area contributed by atoms with Crippen molar-refractivity contribution in [3.63, 3.8) is 0 Å². The molecule has 118 valence electrons. The van der Waals surface area contributed by atoms with Crippen LogP contribution < -0.4 is 4.72 Å². The van der Waals surface area contributed by atoms with Crippen molar-refractivity contribution in [1.29, 1.82) is 0 Å². The number of hydrogen-bond donors (Lipinski definition) is 1. The third-order valence-corrected chi connectivity index (χ3v) is 5.33. The Morgan fingerprint density at radius 2 is 2.05 bits per heavy atom. The topological polar surface area (TPSA) is 80.1 Å².